The molecule has 2 aliphatic rings. The summed E-state index contributed by atoms with van der Waals surface area (Å²) in [6, 6.07) is 6.81. The van der Waals surface area contributed by atoms with Crippen LogP contribution in [0.1, 0.15) is 63.7 Å². The highest BCUT2D eigenvalue weighted by atomic mass is 35.5. The minimum Gasteiger partial charge on any atom is -0.491 e. The fourth-order valence-electron chi connectivity index (χ4n) is 4.91. The van der Waals surface area contributed by atoms with E-state index >= 15 is 0 Å². The molecule has 2 amide bonds. The average molecular weight is 581 g/mol. The Kier molecular flexibility index (Phi) is 6.99. The van der Waals surface area contributed by atoms with Crippen molar-refractivity contribution in [3.63, 3.8) is 0 Å². The number of ether oxygens (including phenoxy) is 2. The molecule has 2 unspecified atom stereocenters. The lowest BCUT2D eigenvalue weighted by molar-refractivity contribution is -0.194. The second-order valence-corrected chi connectivity index (χ2v) is 10.6. The smallest absolute Gasteiger partial charge is 0.416 e. The molecule has 2 atom stereocenters. The second-order valence-electron chi connectivity index (χ2n) is 10.2. The van der Waals surface area contributed by atoms with Crippen molar-refractivity contribution in [1.82, 2.24) is 5.32 Å². The molecule has 2 N–H and O–H groups in total. The van der Waals surface area contributed by atoms with E-state index in [1.165, 1.54) is 18.2 Å². The molecule has 210 valence electrons. The molecule has 2 aliphatic heterocycles. The Hall–Kier alpha value is -3.70. The number of nitrogens with one attached hydrogen (secondary N) is 2. The molecular formula is C28H22ClF5N2O4. The van der Waals surface area contributed by atoms with Crippen molar-refractivity contribution in [2.75, 3.05) is 11.9 Å². The van der Waals surface area contributed by atoms with E-state index in [0.717, 1.165) is 18.6 Å². The highest BCUT2D eigenvalue weighted by Crippen LogP contribution is 2.42. The van der Waals surface area contributed by atoms with Gasteiger partial charge in [-0.2, -0.15) is 13.2 Å². The van der Waals surface area contributed by atoms with Gasteiger partial charge in [0.05, 0.1) is 34.6 Å². The van der Waals surface area contributed by atoms with Crippen LogP contribution in [0.5, 0.6) is 5.75 Å². The first-order chi connectivity index (χ1) is 18.7. The lowest BCUT2D eigenvalue weighted by atomic mass is 9.94. The molecule has 1 fully saturated rings. The van der Waals surface area contributed by atoms with Crippen LogP contribution in [0.3, 0.4) is 0 Å². The van der Waals surface area contributed by atoms with Crippen LogP contribution in [0.4, 0.5) is 27.6 Å². The summed E-state index contributed by atoms with van der Waals surface area (Å²) in [4.78, 5) is 26.1. The molecule has 0 radical (unpaired) electrons. The third-order valence-electron chi connectivity index (χ3n) is 6.61. The van der Waals surface area contributed by atoms with Crippen molar-refractivity contribution >= 4 is 29.1 Å². The van der Waals surface area contributed by atoms with Crippen molar-refractivity contribution in [2.45, 2.75) is 44.2 Å². The van der Waals surface area contributed by atoms with Crippen LogP contribution in [-0.4, -0.2) is 30.1 Å². The van der Waals surface area contributed by atoms with Gasteiger partial charge in [0.25, 0.3) is 11.8 Å². The summed E-state index contributed by atoms with van der Waals surface area (Å²) in [7, 11) is 0. The number of rotatable bonds is 6. The highest BCUT2D eigenvalue weighted by molar-refractivity contribution is 6.31. The summed E-state index contributed by atoms with van der Waals surface area (Å²) >= 11 is 6.29. The first-order valence-electron chi connectivity index (χ1n) is 12.1. The number of fused-ring (bicyclic) bond motifs is 1. The maximum atomic E-state index is 14.1. The number of amides is 2. The SMILES string of the molecule is CC1(C)CC(COc2cc(NC(=O)c3cc(F)cc(C(F)(F)F)c3)c3c(c2)C(=O)NC3c2cc(F)ccc2Cl)O1. The Morgan fingerprint density at radius 3 is 2.52 bits per heavy atom. The number of anilines is 1. The zero-order valence-electron chi connectivity index (χ0n) is 21.1. The molecular weight excluding hydrogens is 559 g/mol. The Morgan fingerprint density at radius 2 is 1.85 bits per heavy atom. The monoisotopic (exact) mass is 580 g/mol. The summed E-state index contributed by atoms with van der Waals surface area (Å²) in [6.45, 7) is 3.98. The lowest BCUT2D eigenvalue weighted by Gasteiger charge is -2.42. The highest BCUT2D eigenvalue weighted by Gasteiger charge is 2.39. The van der Waals surface area contributed by atoms with Gasteiger partial charge in [-0.15, -0.1) is 0 Å². The van der Waals surface area contributed by atoms with E-state index in [1.807, 2.05) is 13.8 Å². The molecule has 0 spiro atoms. The number of benzene rings is 3. The van der Waals surface area contributed by atoms with Crippen LogP contribution in [0.15, 0.2) is 48.5 Å². The summed E-state index contributed by atoms with van der Waals surface area (Å²) in [5.74, 6) is -3.37. The zero-order valence-corrected chi connectivity index (χ0v) is 21.8. The number of carbonyl (C=O) groups is 2. The summed E-state index contributed by atoms with van der Waals surface area (Å²) in [5, 5.41) is 5.29. The van der Waals surface area contributed by atoms with Crippen molar-refractivity contribution in [2.24, 2.45) is 0 Å². The predicted octanol–water partition coefficient (Wildman–Crippen LogP) is 6.67. The van der Waals surface area contributed by atoms with Gasteiger partial charge in [-0.3, -0.25) is 9.59 Å². The van der Waals surface area contributed by atoms with E-state index in [1.54, 1.807) is 0 Å². The average Bonchev–Trinajstić information content (AvgIpc) is 3.18. The minimum absolute atomic E-state index is 0.0196. The standard InChI is InChI=1S/C28H22ClF5N2O4/c1-27(2)11-18(40-27)12-39-17-9-20-23(24(36-26(20)38)19-8-15(30)3-4-21(19)29)22(10-17)35-25(37)13-5-14(28(32,33)34)7-16(31)6-13/h3-10,18,24H,11-12H2,1-2H3,(H,35,37)(H,36,38). The van der Waals surface area contributed by atoms with Gasteiger partial charge in [-0.1, -0.05) is 11.6 Å². The number of alkyl halides is 3. The zero-order chi connectivity index (χ0) is 29.0. The van der Waals surface area contributed by atoms with Crippen LogP contribution in [-0.2, 0) is 10.9 Å². The number of halogens is 6. The maximum absolute atomic E-state index is 14.1. The van der Waals surface area contributed by atoms with E-state index in [9.17, 15) is 31.5 Å². The minimum atomic E-state index is -4.89. The molecule has 0 aromatic heterocycles. The van der Waals surface area contributed by atoms with E-state index in [2.05, 4.69) is 10.6 Å². The molecule has 0 bridgehead atoms. The Bertz CT molecular complexity index is 1520. The fourth-order valence-corrected chi connectivity index (χ4v) is 5.14. The molecule has 2 heterocycles. The molecule has 5 rings (SSSR count). The van der Waals surface area contributed by atoms with Crippen LogP contribution < -0.4 is 15.4 Å². The van der Waals surface area contributed by atoms with E-state index in [4.69, 9.17) is 21.1 Å². The quantitative estimate of drug-likeness (QED) is 0.319. The van der Waals surface area contributed by atoms with Crippen molar-refractivity contribution in [3.05, 3.63) is 93.0 Å². The first kappa shape index (κ1) is 27.9. The number of carbonyl (C=O) groups excluding carboxylic acids is 2. The van der Waals surface area contributed by atoms with Crippen molar-refractivity contribution < 1.29 is 41.0 Å². The largest absolute Gasteiger partial charge is 0.491 e. The van der Waals surface area contributed by atoms with Gasteiger partial charge in [0.15, 0.2) is 0 Å². The first-order valence-corrected chi connectivity index (χ1v) is 12.5. The molecule has 12 heteroatoms. The predicted molar refractivity (Wildman–Crippen MR) is 136 cm³/mol. The summed E-state index contributed by atoms with van der Waals surface area (Å²) < 4.78 is 79.4. The second kappa shape index (κ2) is 10.0. The fraction of sp³-hybridized carbons (Fsp3) is 0.286. The lowest BCUT2D eigenvalue weighted by Crippen LogP contribution is -2.48. The molecule has 1 saturated heterocycles. The topological polar surface area (TPSA) is 76.7 Å². The third-order valence-corrected chi connectivity index (χ3v) is 6.95. The summed E-state index contributed by atoms with van der Waals surface area (Å²) in [6.07, 6.45) is -4.37. The van der Waals surface area contributed by atoms with E-state index in [-0.39, 0.29) is 57.5 Å². The molecule has 40 heavy (non-hydrogen) atoms. The Labute approximate surface area is 230 Å². The van der Waals surface area contributed by atoms with Gasteiger partial charge in [0.1, 0.15) is 24.0 Å². The molecule has 0 aliphatic carbocycles. The van der Waals surface area contributed by atoms with E-state index in [0.29, 0.717) is 12.1 Å². The Balaban J connectivity index is 1.54. The van der Waals surface area contributed by atoms with Crippen molar-refractivity contribution in [1.29, 1.82) is 0 Å². The number of hydrogen-bond donors (Lipinski definition) is 2. The molecule has 6 nitrogen and oxygen atoms in total. The third kappa shape index (κ3) is 5.62. The van der Waals surface area contributed by atoms with Crippen molar-refractivity contribution in [3.8, 4) is 5.75 Å². The van der Waals surface area contributed by atoms with Gasteiger partial charge in [-0.25, -0.2) is 8.78 Å². The normalized spacial score (nSPS) is 19.4. The van der Waals surface area contributed by atoms with Gasteiger partial charge in [-0.05, 0) is 56.3 Å². The number of hydrogen-bond acceptors (Lipinski definition) is 4. The van der Waals surface area contributed by atoms with Gasteiger partial charge in [0.2, 0.25) is 0 Å². The molecule has 3 aromatic carbocycles. The molecule has 3 aromatic rings. The van der Waals surface area contributed by atoms with E-state index < -0.39 is 46.8 Å². The Morgan fingerprint density at radius 1 is 1.12 bits per heavy atom. The van der Waals surface area contributed by atoms with Crippen LogP contribution in [0.2, 0.25) is 5.02 Å². The van der Waals surface area contributed by atoms with Crippen LogP contribution in [0.25, 0.3) is 0 Å². The summed E-state index contributed by atoms with van der Waals surface area (Å²) in [5.41, 5.74) is -1.81. The van der Waals surface area contributed by atoms with Crippen LogP contribution in [0, 0.1) is 11.6 Å². The van der Waals surface area contributed by atoms with Crippen LogP contribution >= 0.6 is 11.6 Å². The van der Waals surface area contributed by atoms with Gasteiger partial charge in [0, 0.05) is 34.2 Å². The van der Waals surface area contributed by atoms with Gasteiger partial charge >= 0.3 is 6.18 Å². The maximum Gasteiger partial charge on any atom is 0.416 e. The van der Waals surface area contributed by atoms with Gasteiger partial charge < -0.3 is 20.1 Å². The molecule has 0 saturated carbocycles.